The zero-order chi connectivity index (χ0) is 18.0. The van der Waals surface area contributed by atoms with Crippen LogP contribution in [0.5, 0.6) is 0 Å². The third kappa shape index (κ3) is 4.14. The van der Waals surface area contributed by atoms with Crippen LogP contribution < -0.4 is 0 Å². The fourth-order valence-corrected chi connectivity index (χ4v) is 3.69. The van der Waals surface area contributed by atoms with Crippen LogP contribution in [-0.4, -0.2) is 72.7 Å². The zero-order valence-electron chi connectivity index (χ0n) is 14.3. The topological polar surface area (TPSA) is 70.1 Å². The number of nitrogens with zero attached hydrogens (tertiary/aromatic N) is 2. The van der Waals surface area contributed by atoms with Gasteiger partial charge in [-0.1, -0.05) is 23.7 Å². The molecule has 0 bridgehead atoms. The fraction of sp³-hybridized carbons (Fsp3) is 0.556. The second-order valence-corrected chi connectivity index (χ2v) is 7.36. The number of amides is 1. The molecule has 2 aliphatic rings. The van der Waals surface area contributed by atoms with Gasteiger partial charge in [0.15, 0.2) is 0 Å². The normalized spacial score (nSPS) is 22.0. The van der Waals surface area contributed by atoms with Crippen molar-refractivity contribution in [2.45, 2.75) is 24.4 Å². The van der Waals surface area contributed by atoms with Crippen molar-refractivity contribution in [1.82, 2.24) is 9.80 Å². The summed E-state index contributed by atoms with van der Waals surface area (Å²) in [6.07, 6.45) is 1.51. The van der Waals surface area contributed by atoms with Crippen LogP contribution in [0.4, 0.5) is 0 Å². The molecule has 0 radical (unpaired) electrons. The highest BCUT2D eigenvalue weighted by atomic mass is 35.5. The number of hydrogen-bond donors (Lipinski definition) is 1. The number of ether oxygens (including phenoxy) is 1. The van der Waals surface area contributed by atoms with Crippen molar-refractivity contribution in [3.8, 4) is 0 Å². The summed E-state index contributed by atoms with van der Waals surface area (Å²) in [7, 11) is 1.74. The van der Waals surface area contributed by atoms with Crippen LogP contribution in [0, 0.1) is 0 Å². The third-order valence-electron chi connectivity index (χ3n) is 4.88. The molecule has 1 amide bonds. The minimum Gasteiger partial charge on any atom is -0.480 e. The number of rotatable bonds is 6. The number of aliphatic carboxylic acids is 1. The van der Waals surface area contributed by atoms with Crippen LogP contribution >= 0.6 is 11.6 Å². The Hall–Kier alpha value is -1.63. The molecule has 1 heterocycles. The van der Waals surface area contributed by atoms with E-state index < -0.39 is 11.4 Å². The Balaban J connectivity index is 1.65. The van der Waals surface area contributed by atoms with E-state index in [1.807, 2.05) is 29.2 Å². The maximum atomic E-state index is 13.1. The van der Waals surface area contributed by atoms with Gasteiger partial charge in [0.05, 0.1) is 24.7 Å². The Morgan fingerprint density at radius 2 is 2.20 bits per heavy atom. The van der Waals surface area contributed by atoms with E-state index in [0.29, 0.717) is 31.3 Å². The van der Waals surface area contributed by atoms with Crippen LogP contribution in [-0.2, 0) is 19.7 Å². The minimum absolute atomic E-state index is 0.0414. The molecule has 2 fully saturated rings. The van der Waals surface area contributed by atoms with Gasteiger partial charge >= 0.3 is 5.97 Å². The summed E-state index contributed by atoms with van der Waals surface area (Å²) in [5, 5.41) is 9.50. The fourth-order valence-electron chi connectivity index (χ4n) is 3.50. The molecular weight excluding hydrogens is 344 g/mol. The molecule has 1 aliphatic heterocycles. The molecule has 136 valence electrons. The lowest BCUT2D eigenvalue weighted by Crippen LogP contribution is -2.52. The van der Waals surface area contributed by atoms with Crippen molar-refractivity contribution >= 4 is 23.5 Å². The number of carbonyl (C=O) groups excluding carboxylic acids is 1. The van der Waals surface area contributed by atoms with E-state index in [1.54, 1.807) is 11.9 Å². The number of hydrogen-bond acceptors (Lipinski definition) is 4. The van der Waals surface area contributed by atoms with Crippen molar-refractivity contribution in [2.24, 2.45) is 0 Å². The summed E-state index contributed by atoms with van der Waals surface area (Å²) >= 11 is 6.09. The van der Waals surface area contributed by atoms with Gasteiger partial charge in [0.2, 0.25) is 5.91 Å². The molecule has 1 unspecified atom stereocenters. The number of benzene rings is 1. The van der Waals surface area contributed by atoms with E-state index in [-0.39, 0.29) is 18.6 Å². The summed E-state index contributed by atoms with van der Waals surface area (Å²) < 4.78 is 5.72. The number of morpholine rings is 1. The SMILES string of the molecule is CN(CC(=O)O)CC1CN(C(=O)C2(c3cccc(Cl)c3)CC2)CCO1. The first kappa shape index (κ1) is 18.2. The van der Waals surface area contributed by atoms with Crippen molar-refractivity contribution in [2.75, 3.05) is 39.8 Å². The van der Waals surface area contributed by atoms with Crippen LogP contribution in [0.1, 0.15) is 18.4 Å². The van der Waals surface area contributed by atoms with E-state index >= 15 is 0 Å². The van der Waals surface area contributed by atoms with E-state index in [9.17, 15) is 9.59 Å². The Bertz CT molecular complexity index is 662. The van der Waals surface area contributed by atoms with Crippen molar-refractivity contribution in [1.29, 1.82) is 0 Å². The molecule has 1 aromatic carbocycles. The summed E-state index contributed by atoms with van der Waals surface area (Å²) in [6, 6.07) is 7.54. The predicted octanol–water partition coefficient (Wildman–Crippen LogP) is 1.62. The number of carbonyl (C=O) groups is 2. The predicted molar refractivity (Wildman–Crippen MR) is 93.8 cm³/mol. The molecule has 6 nitrogen and oxygen atoms in total. The lowest BCUT2D eigenvalue weighted by Gasteiger charge is -2.36. The van der Waals surface area contributed by atoms with Crippen LogP contribution in [0.15, 0.2) is 24.3 Å². The summed E-state index contributed by atoms with van der Waals surface area (Å²) in [5.41, 5.74) is 0.538. The summed E-state index contributed by atoms with van der Waals surface area (Å²) in [4.78, 5) is 27.5. The Labute approximate surface area is 152 Å². The summed E-state index contributed by atoms with van der Waals surface area (Å²) in [6.45, 7) is 1.98. The largest absolute Gasteiger partial charge is 0.480 e. The Morgan fingerprint density at radius 1 is 1.44 bits per heavy atom. The maximum absolute atomic E-state index is 13.1. The van der Waals surface area contributed by atoms with Gasteiger partial charge in [-0.2, -0.15) is 0 Å². The molecule has 1 aliphatic carbocycles. The highest BCUT2D eigenvalue weighted by Gasteiger charge is 2.53. The number of halogens is 1. The van der Waals surface area contributed by atoms with E-state index in [1.165, 1.54) is 0 Å². The molecule has 1 N–H and O–H groups in total. The molecule has 3 rings (SSSR count). The second kappa shape index (κ2) is 7.32. The first-order chi connectivity index (χ1) is 11.9. The molecule has 1 saturated carbocycles. The smallest absolute Gasteiger partial charge is 0.317 e. The molecule has 0 aromatic heterocycles. The first-order valence-corrected chi connectivity index (χ1v) is 8.86. The minimum atomic E-state index is -0.871. The van der Waals surface area contributed by atoms with Gasteiger partial charge in [0, 0.05) is 24.7 Å². The lowest BCUT2D eigenvalue weighted by molar-refractivity contribution is -0.144. The van der Waals surface area contributed by atoms with Crippen molar-refractivity contribution < 1.29 is 19.4 Å². The number of carboxylic acids is 1. The van der Waals surface area contributed by atoms with Gasteiger partial charge in [0.1, 0.15) is 0 Å². The van der Waals surface area contributed by atoms with Crippen LogP contribution in [0.3, 0.4) is 0 Å². The van der Waals surface area contributed by atoms with Gasteiger partial charge in [0.25, 0.3) is 0 Å². The molecule has 1 aromatic rings. The number of likely N-dealkylation sites (N-methyl/N-ethyl adjacent to an activating group) is 1. The van der Waals surface area contributed by atoms with E-state index in [4.69, 9.17) is 21.4 Å². The van der Waals surface area contributed by atoms with Crippen LogP contribution in [0.2, 0.25) is 5.02 Å². The zero-order valence-corrected chi connectivity index (χ0v) is 15.0. The number of carboxylic acid groups (broad SMARTS) is 1. The average Bonchev–Trinajstić information content (AvgIpc) is 3.35. The average molecular weight is 367 g/mol. The third-order valence-corrected chi connectivity index (χ3v) is 5.12. The lowest BCUT2D eigenvalue weighted by atomic mass is 9.94. The van der Waals surface area contributed by atoms with Gasteiger partial charge in [-0.15, -0.1) is 0 Å². The van der Waals surface area contributed by atoms with Crippen LogP contribution in [0.25, 0.3) is 0 Å². The first-order valence-electron chi connectivity index (χ1n) is 8.48. The highest BCUT2D eigenvalue weighted by Crippen LogP contribution is 2.50. The molecule has 0 spiro atoms. The Morgan fingerprint density at radius 3 is 2.84 bits per heavy atom. The van der Waals surface area contributed by atoms with Crippen molar-refractivity contribution in [3.05, 3.63) is 34.9 Å². The Kier molecular flexibility index (Phi) is 5.32. The molecule has 7 heteroatoms. The van der Waals surface area contributed by atoms with Crippen molar-refractivity contribution in [3.63, 3.8) is 0 Å². The quantitative estimate of drug-likeness (QED) is 0.828. The molecule has 1 atom stereocenters. The van der Waals surface area contributed by atoms with Gasteiger partial charge in [-0.25, -0.2) is 0 Å². The van der Waals surface area contributed by atoms with E-state index in [0.717, 1.165) is 18.4 Å². The maximum Gasteiger partial charge on any atom is 0.317 e. The standard InChI is InChI=1S/C18H23ClN2O4/c1-20(12-16(22)23)10-15-11-21(7-8-25-15)17(24)18(5-6-18)13-3-2-4-14(19)9-13/h2-4,9,15H,5-8,10-12H2,1H3,(H,22,23). The molecule has 1 saturated heterocycles. The molecular formula is C18H23ClN2O4. The van der Waals surface area contributed by atoms with Gasteiger partial charge in [-0.3, -0.25) is 14.5 Å². The molecule has 25 heavy (non-hydrogen) atoms. The van der Waals surface area contributed by atoms with E-state index in [2.05, 4.69) is 0 Å². The monoisotopic (exact) mass is 366 g/mol. The summed E-state index contributed by atoms with van der Waals surface area (Å²) in [5.74, 6) is -0.743. The van der Waals surface area contributed by atoms with Gasteiger partial charge < -0.3 is 14.7 Å². The second-order valence-electron chi connectivity index (χ2n) is 6.93. The van der Waals surface area contributed by atoms with Gasteiger partial charge in [-0.05, 0) is 37.6 Å². The highest BCUT2D eigenvalue weighted by molar-refractivity contribution is 6.30.